The first kappa shape index (κ1) is 14.7. The van der Waals surface area contributed by atoms with Gasteiger partial charge >= 0.3 is 6.03 Å². The summed E-state index contributed by atoms with van der Waals surface area (Å²) in [5, 5.41) is 4.61. The van der Waals surface area contributed by atoms with Crippen molar-refractivity contribution < 1.29 is 13.6 Å². The van der Waals surface area contributed by atoms with Crippen LogP contribution in [-0.2, 0) is 11.0 Å². The van der Waals surface area contributed by atoms with Gasteiger partial charge in [-0.1, -0.05) is 0 Å². The van der Waals surface area contributed by atoms with Crippen LogP contribution in [0.25, 0.3) is 0 Å². The van der Waals surface area contributed by atoms with E-state index in [2.05, 4.69) is 9.82 Å². The normalized spacial score (nSPS) is 15.4. The molecule has 1 aliphatic rings. The molecule has 1 fully saturated rings. The van der Waals surface area contributed by atoms with Gasteiger partial charge in [-0.25, -0.2) is 4.21 Å². The number of nitrogens with zero attached hydrogens (tertiary/aromatic N) is 4. The van der Waals surface area contributed by atoms with Crippen molar-refractivity contribution in [2.75, 3.05) is 19.0 Å². The van der Waals surface area contributed by atoms with Crippen LogP contribution in [-0.4, -0.2) is 34.1 Å². The molecule has 0 spiro atoms. The van der Waals surface area contributed by atoms with Gasteiger partial charge in [0.25, 0.3) is 11.0 Å². The molecule has 116 valence electrons. The van der Waals surface area contributed by atoms with E-state index in [0.717, 1.165) is 18.5 Å². The zero-order valence-electron chi connectivity index (χ0n) is 12.5. The lowest BCUT2D eigenvalue weighted by molar-refractivity contribution is -0.570. The quantitative estimate of drug-likeness (QED) is 0.848. The fourth-order valence-corrected chi connectivity index (χ4v) is 2.72. The molecule has 1 unspecified atom stereocenters. The van der Waals surface area contributed by atoms with Crippen molar-refractivity contribution in [2.24, 2.45) is 0 Å². The van der Waals surface area contributed by atoms with Crippen molar-refractivity contribution in [2.45, 2.75) is 23.9 Å². The summed E-state index contributed by atoms with van der Waals surface area (Å²) in [4.78, 5) is 14.0. The SMILES string of the molecule is CN(C)c1cc[n+](C(=O)NS(=O)c2ccn(C3CC3)n2)cc1. The minimum absolute atomic E-state index is 0.366. The molecular weight excluding hydrogens is 302 g/mol. The van der Waals surface area contributed by atoms with E-state index in [9.17, 15) is 9.00 Å². The zero-order valence-corrected chi connectivity index (χ0v) is 13.3. The zero-order chi connectivity index (χ0) is 15.7. The number of pyridine rings is 1. The molecule has 2 aromatic heterocycles. The Morgan fingerprint density at radius 1 is 1.36 bits per heavy atom. The number of aromatic nitrogens is 3. The molecule has 3 rings (SSSR count). The van der Waals surface area contributed by atoms with Crippen LogP contribution >= 0.6 is 0 Å². The van der Waals surface area contributed by atoms with Crippen molar-refractivity contribution >= 4 is 22.7 Å². The van der Waals surface area contributed by atoms with Crippen molar-refractivity contribution in [1.82, 2.24) is 14.5 Å². The van der Waals surface area contributed by atoms with Gasteiger partial charge in [0, 0.05) is 38.1 Å². The number of amides is 1. The predicted octanol–water partition coefficient (Wildman–Crippen LogP) is 0.852. The van der Waals surface area contributed by atoms with E-state index in [-0.39, 0.29) is 0 Å². The standard InChI is InChI=1S/C14H17N5O2S/c1-17(2)11-5-8-18(9-6-11)14(20)16-22(21)13-7-10-19(15-13)12-3-4-12/h5-10,12H,3-4H2,1-2H3/p+1. The van der Waals surface area contributed by atoms with Gasteiger partial charge in [-0.3, -0.25) is 4.68 Å². The largest absolute Gasteiger partial charge is 0.509 e. The van der Waals surface area contributed by atoms with Gasteiger partial charge in [-0.05, 0) is 18.9 Å². The topological polar surface area (TPSA) is 71.1 Å². The highest BCUT2D eigenvalue weighted by Gasteiger charge is 2.26. The van der Waals surface area contributed by atoms with Crippen LogP contribution in [0.2, 0.25) is 0 Å². The van der Waals surface area contributed by atoms with Crippen LogP contribution in [0.1, 0.15) is 18.9 Å². The number of rotatable bonds is 4. The van der Waals surface area contributed by atoms with E-state index in [1.807, 2.05) is 31.1 Å². The van der Waals surface area contributed by atoms with E-state index < -0.39 is 17.0 Å². The fourth-order valence-electron chi connectivity index (χ4n) is 2.00. The molecule has 1 saturated carbocycles. The molecule has 1 amide bonds. The number of hydrogen-bond acceptors (Lipinski definition) is 4. The third-order valence-corrected chi connectivity index (χ3v) is 4.40. The van der Waals surface area contributed by atoms with Gasteiger partial charge in [0.1, 0.15) is 12.4 Å². The van der Waals surface area contributed by atoms with Gasteiger partial charge in [0.05, 0.1) is 6.04 Å². The number of carbonyl (C=O) groups is 1. The Hall–Kier alpha value is -2.22. The van der Waals surface area contributed by atoms with Crippen molar-refractivity contribution in [3.05, 3.63) is 36.8 Å². The summed E-state index contributed by atoms with van der Waals surface area (Å²) in [5.74, 6) is 0. The smallest absolute Gasteiger partial charge is 0.377 e. The molecule has 22 heavy (non-hydrogen) atoms. The molecule has 0 radical (unpaired) electrons. The van der Waals surface area contributed by atoms with Crippen molar-refractivity contribution in [1.29, 1.82) is 0 Å². The molecule has 8 heteroatoms. The van der Waals surface area contributed by atoms with Crippen molar-refractivity contribution in [3.63, 3.8) is 0 Å². The summed E-state index contributed by atoms with van der Waals surface area (Å²) >= 11 is 0. The molecule has 2 aromatic rings. The Bertz CT molecular complexity index is 706. The molecule has 1 atom stereocenters. The first-order valence-corrected chi connectivity index (χ1v) is 8.16. The summed E-state index contributed by atoms with van der Waals surface area (Å²) < 4.78 is 17.7. The van der Waals surface area contributed by atoms with E-state index >= 15 is 0 Å². The van der Waals surface area contributed by atoms with Gasteiger partial charge in [-0.2, -0.15) is 14.5 Å². The minimum atomic E-state index is -1.66. The number of anilines is 1. The Morgan fingerprint density at radius 3 is 2.64 bits per heavy atom. The second-order valence-electron chi connectivity index (χ2n) is 5.40. The molecule has 1 N–H and O–H groups in total. The Morgan fingerprint density at radius 2 is 2.05 bits per heavy atom. The molecule has 0 bridgehead atoms. The number of carbonyl (C=O) groups excluding carboxylic acids is 1. The second kappa shape index (κ2) is 5.88. The molecule has 0 saturated heterocycles. The first-order chi connectivity index (χ1) is 10.5. The van der Waals surface area contributed by atoms with Gasteiger partial charge in [-0.15, -0.1) is 4.72 Å². The lowest BCUT2D eigenvalue weighted by Crippen LogP contribution is -2.50. The maximum absolute atomic E-state index is 12.1. The number of nitrogens with one attached hydrogen (secondary N) is 1. The molecule has 7 nitrogen and oxygen atoms in total. The van der Waals surface area contributed by atoms with E-state index in [4.69, 9.17) is 0 Å². The maximum atomic E-state index is 12.1. The Balaban J connectivity index is 1.65. The summed E-state index contributed by atoms with van der Waals surface area (Å²) in [5.41, 5.74) is 0.980. The van der Waals surface area contributed by atoms with Crippen LogP contribution < -0.4 is 14.2 Å². The highest BCUT2D eigenvalue weighted by atomic mass is 32.2. The third kappa shape index (κ3) is 3.16. The molecular formula is C14H18N5O2S+. The predicted molar refractivity (Wildman–Crippen MR) is 81.8 cm³/mol. The Kier molecular flexibility index (Phi) is 3.93. The summed E-state index contributed by atoms with van der Waals surface area (Å²) in [6.45, 7) is 0. The molecule has 0 aliphatic heterocycles. The fraction of sp³-hybridized carbons (Fsp3) is 0.357. The monoisotopic (exact) mass is 320 g/mol. The van der Waals surface area contributed by atoms with Gasteiger partial charge in [0.2, 0.25) is 0 Å². The highest BCUT2D eigenvalue weighted by molar-refractivity contribution is 7.83. The van der Waals surface area contributed by atoms with Crippen molar-refractivity contribution in [3.8, 4) is 0 Å². The summed E-state index contributed by atoms with van der Waals surface area (Å²) in [6.07, 6.45) is 7.27. The minimum Gasteiger partial charge on any atom is -0.377 e. The Labute approximate surface area is 131 Å². The number of hydrogen-bond donors (Lipinski definition) is 1. The van der Waals surface area contributed by atoms with Crippen LogP contribution in [0.3, 0.4) is 0 Å². The van der Waals surface area contributed by atoms with Crippen LogP contribution in [0.5, 0.6) is 0 Å². The van der Waals surface area contributed by atoms with Gasteiger partial charge in [0.15, 0.2) is 5.03 Å². The molecule has 1 aliphatic carbocycles. The van der Waals surface area contributed by atoms with E-state index in [0.29, 0.717) is 11.1 Å². The molecule has 2 heterocycles. The van der Waals surface area contributed by atoms with Crippen LogP contribution in [0.4, 0.5) is 10.5 Å². The highest BCUT2D eigenvalue weighted by Crippen LogP contribution is 2.34. The molecule has 0 aromatic carbocycles. The first-order valence-electron chi connectivity index (χ1n) is 7.01. The average Bonchev–Trinajstić information content (AvgIpc) is 3.24. The van der Waals surface area contributed by atoms with E-state index in [1.165, 1.54) is 4.57 Å². The van der Waals surface area contributed by atoms with Gasteiger partial charge < -0.3 is 4.90 Å². The van der Waals surface area contributed by atoms with Crippen LogP contribution in [0.15, 0.2) is 41.8 Å². The summed E-state index contributed by atoms with van der Waals surface area (Å²) in [6, 6.07) is 5.27. The second-order valence-corrected chi connectivity index (χ2v) is 6.56. The summed E-state index contributed by atoms with van der Waals surface area (Å²) in [7, 11) is 2.18. The lowest BCUT2D eigenvalue weighted by Gasteiger charge is -2.10. The third-order valence-electron chi connectivity index (χ3n) is 3.44. The lowest BCUT2D eigenvalue weighted by atomic mass is 10.4. The maximum Gasteiger partial charge on any atom is 0.509 e. The van der Waals surface area contributed by atoms with Crippen LogP contribution in [0, 0.1) is 0 Å². The van der Waals surface area contributed by atoms with E-state index in [1.54, 1.807) is 29.3 Å². The average molecular weight is 320 g/mol.